The maximum Gasteiger partial charge on any atom is 0.208 e. The molecule has 0 atom stereocenters. The molecule has 0 N–H and O–H groups in total. The van der Waals surface area contributed by atoms with Crippen LogP contribution in [0.1, 0.15) is 16.1 Å². The van der Waals surface area contributed by atoms with E-state index in [4.69, 9.17) is 13.9 Å². The molecular weight excluding hydrogens is 440 g/mol. The highest BCUT2D eigenvalue weighted by Gasteiger charge is 2.19. The minimum Gasteiger partial charge on any atom is -0.495 e. The second-order valence-corrected chi connectivity index (χ2v) is 6.43. The number of hydrogen-bond donors (Lipinski definition) is 0. The quantitative estimate of drug-likeness (QED) is 0.372. The lowest BCUT2D eigenvalue weighted by molar-refractivity contribution is 0.0995. The van der Waals surface area contributed by atoms with Crippen LogP contribution in [0.2, 0.25) is 0 Å². The molecule has 0 radical (unpaired) electrons. The van der Waals surface area contributed by atoms with Gasteiger partial charge in [0.15, 0.2) is 11.3 Å². The number of carbonyl (C=O) groups is 1. The molecule has 3 aromatic rings. The Morgan fingerprint density at radius 1 is 1.17 bits per heavy atom. The van der Waals surface area contributed by atoms with Crippen molar-refractivity contribution in [3.05, 3.63) is 58.3 Å². The predicted molar refractivity (Wildman–Crippen MR) is 99.4 cm³/mol. The maximum atomic E-state index is 11.9. The van der Waals surface area contributed by atoms with E-state index in [-0.39, 0.29) is 16.9 Å². The van der Waals surface area contributed by atoms with Crippen LogP contribution in [0.15, 0.2) is 51.4 Å². The highest BCUT2D eigenvalue weighted by molar-refractivity contribution is 9.10. The first-order valence-electron chi connectivity index (χ1n) is 7.20. The first-order valence-corrected chi connectivity index (χ1v) is 9.11. The van der Waals surface area contributed by atoms with Crippen LogP contribution in [0.3, 0.4) is 0 Å². The average molecular weight is 454 g/mol. The zero-order valence-corrected chi connectivity index (χ0v) is 16.0. The van der Waals surface area contributed by atoms with E-state index in [1.807, 2.05) is 30.3 Å². The summed E-state index contributed by atoms with van der Waals surface area (Å²) in [5.41, 5.74) is 1.58. The van der Waals surface area contributed by atoms with Crippen molar-refractivity contribution in [2.24, 2.45) is 0 Å². The van der Waals surface area contributed by atoms with Gasteiger partial charge in [0, 0.05) is 6.07 Å². The van der Waals surface area contributed by atoms with Gasteiger partial charge in [-0.25, -0.2) is 0 Å². The smallest absolute Gasteiger partial charge is 0.208 e. The fourth-order valence-electron chi connectivity index (χ4n) is 2.32. The normalized spacial score (nSPS) is 10.8. The van der Waals surface area contributed by atoms with Crippen LogP contribution in [-0.4, -0.2) is 18.2 Å². The van der Waals surface area contributed by atoms with Crippen molar-refractivity contribution in [2.45, 2.75) is 6.61 Å². The summed E-state index contributed by atoms with van der Waals surface area (Å²) in [4.78, 5) is 11.9. The lowest BCUT2D eigenvalue weighted by atomic mass is 10.2. The van der Waals surface area contributed by atoms with Gasteiger partial charge in [-0.3, -0.25) is 4.79 Å². The largest absolute Gasteiger partial charge is 0.495 e. The molecule has 6 heteroatoms. The summed E-state index contributed by atoms with van der Waals surface area (Å²) in [5, 5.41) is 0.921. The van der Waals surface area contributed by atoms with Crippen LogP contribution in [0.5, 0.6) is 11.5 Å². The molecular formula is C18H14Br2O4. The van der Waals surface area contributed by atoms with Gasteiger partial charge in [0.25, 0.3) is 0 Å². The fraction of sp³-hybridized carbons (Fsp3) is 0.167. The second-order valence-electron chi connectivity index (χ2n) is 5.08. The lowest BCUT2D eigenvalue weighted by Gasteiger charge is -2.10. The average Bonchev–Trinajstić information content (AvgIpc) is 3.07. The molecule has 0 aliphatic rings. The second kappa shape index (κ2) is 7.40. The Hall–Kier alpha value is -1.79. The van der Waals surface area contributed by atoms with E-state index in [2.05, 4.69) is 31.9 Å². The van der Waals surface area contributed by atoms with Crippen molar-refractivity contribution in [3.63, 3.8) is 0 Å². The number of Topliss-reactive ketones (excluding diaryl/α,β-unsaturated/α-hetero) is 1. The van der Waals surface area contributed by atoms with Crippen LogP contribution in [-0.2, 0) is 6.61 Å². The predicted octanol–water partition coefficient (Wildman–Crippen LogP) is 5.36. The Morgan fingerprint density at radius 3 is 2.58 bits per heavy atom. The van der Waals surface area contributed by atoms with Gasteiger partial charge < -0.3 is 13.9 Å². The van der Waals surface area contributed by atoms with E-state index >= 15 is 0 Å². The summed E-state index contributed by atoms with van der Waals surface area (Å²) in [6.07, 6.45) is 0. The molecule has 0 saturated heterocycles. The summed E-state index contributed by atoms with van der Waals surface area (Å²) >= 11 is 6.62. The van der Waals surface area contributed by atoms with E-state index < -0.39 is 0 Å². The van der Waals surface area contributed by atoms with E-state index in [0.29, 0.717) is 28.2 Å². The van der Waals surface area contributed by atoms with Gasteiger partial charge in [0.1, 0.15) is 22.6 Å². The molecule has 124 valence electrons. The SMILES string of the molecule is COc1cc(OCc2ccccc2)c2cc(C(=O)CBr)oc2c1Br. The van der Waals surface area contributed by atoms with Crippen molar-refractivity contribution in [3.8, 4) is 11.5 Å². The standard InChI is InChI=1S/C18H14Br2O4/c1-22-16-8-14(23-10-11-5-3-2-4-6-11)12-7-15(13(21)9-19)24-18(12)17(16)20/h2-8H,9-10H2,1H3. The summed E-state index contributed by atoms with van der Waals surface area (Å²) < 4.78 is 17.7. The van der Waals surface area contributed by atoms with Crippen LogP contribution >= 0.6 is 31.9 Å². The number of methoxy groups -OCH3 is 1. The van der Waals surface area contributed by atoms with Crippen LogP contribution in [0.4, 0.5) is 0 Å². The maximum absolute atomic E-state index is 11.9. The third-order valence-corrected chi connectivity index (χ3v) is 4.79. The van der Waals surface area contributed by atoms with Gasteiger partial charge in [-0.15, -0.1) is 0 Å². The summed E-state index contributed by atoms with van der Waals surface area (Å²) in [5.74, 6) is 1.33. The third kappa shape index (κ3) is 3.35. The molecule has 0 amide bonds. The number of hydrogen-bond acceptors (Lipinski definition) is 4. The Labute approximate surface area is 156 Å². The van der Waals surface area contributed by atoms with Gasteiger partial charge in [-0.1, -0.05) is 46.3 Å². The number of carbonyl (C=O) groups excluding carboxylic acids is 1. The zero-order valence-electron chi connectivity index (χ0n) is 12.8. The first-order chi connectivity index (χ1) is 11.6. The van der Waals surface area contributed by atoms with Crippen molar-refractivity contribution in [2.75, 3.05) is 12.4 Å². The number of ketones is 1. The molecule has 3 rings (SSSR count). The number of rotatable bonds is 6. The van der Waals surface area contributed by atoms with Gasteiger partial charge in [0.05, 0.1) is 17.8 Å². The topological polar surface area (TPSA) is 48.7 Å². The highest BCUT2D eigenvalue weighted by atomic mass is 79.9. The van der Waals surface area contributed by atoms with Crippen LogP contribution < -0.4 is 9.47 Å². The van der Waals surface area contributed by atoms with Gasteiger partial charge >= 0.3 is 0 Å². The monoisotopic (exact) mass is 452 g/mol. The summed E-state index contributed by atoms with van der Waals surface area (Å²) in [6, 6.07) is 13.3. The van der Waals surface area contributed by atoms with Crippen LogP contribution in [0, 0.1) is 0 Å². The molecule has 0 unspecified atom stereocenters. The fourth-order valence-corrected chi connectivity index (χ4v) is 3.16. The van der Waals surface area contributed by atoms with Gasteiger partial charge in [-0.05, 0) is 27.6 Å². The summed E-state index contributed by atoms with van der Waals surface area (Å²) in [6.45, 7) is 0.410. The van der Waals surface area contributed by atoms with E-state index in [9.17, 15) is 4.79 Å². The van der Waals surface area contributed by atoms with Gasteiger partial charge in [-0.2, -0.15) is 0 Å². The van der Waals surface area contributed by atoms with E-state index in [0.717, 1.165) is 10.9 Å². The Morgan fingerprint density at radius 2 is 1.92 bits per heavy atom. The minimum atomic E-state index is -0.133. The summed E-state index contributed by atoms with van der Waals surface area (Å²) in [7, 11) is 1.57. The molecule has 1 aromatic heterocycles. The highest BCUT2D eigenvalue weighted by Crippen LogP contribution is 2.41. The number of furan rings is 1. The van der Waals surface area contributed by atoms with E-state index in [1.54, 1.807) is 19.2 Å². The van der Waals surface area contributed by atoms with Crippen molar-refractivity contribution in [1.82, 2.24) is 0 Å². The van der Waals surface area contributed by atoms with Crippen molar-refractivity contribution >= 4 is 48.6 Å². The molecule has 24 heavy (non-hydrogen) atoms. The van der Waals surface area contributed by atoms with Crippen molar-refractivity contribution < 1.29 is 18.7 Å². The molecule has 1 heterocycles. The van der Waals surface area contributed by atoms with E-state index in [1.165, 1.54) is 0 Å². The Balaban J connectivity index is 2.03. The number of alkyl halides is 1. The molecule has 4 nitrogen and oxygen atoms in total. The lowest BCUT2D eigenvalue weighted by Crippen LogP contribution is -1.97. The molecule has 0 aliphatic carbocycles. The van der Waals surface area contributed by atoms with Crippen molar-refractivity contribution in [1.29, 1.82) is 0 Å². The Kier molecular flexibility index (Phi) is 5.26. The molecule has 0 aliphatic heterocycles. The third-order valence-electron chi connectivity index (χ3n) is 3.53. The molecule has 0 saturated carbocycles. The van der Waals surface area contributed by atoms with Gasteiger partial charge in [0.2, 0.25) is 5.78 Å². The molecule has 0 bridgehead atoms. The number of fused-ring (bicyclic) bond motifs is 1. The molecule has 0 spiro atoms. The van der Waals surface area contributed by atoms with Crippen LogP contribution in [0.25, 0.3) is 11.0 Å². The first kappa shape index (κ1) is 17.0. The number of ether oxygens (including phenoxy) is 2. The molecule has 0 fully saturated rings. The zero-order chi connectivity index (χ0) is 17.1. The Bertz CT molecular complexity index is 872. The number of benzene rings is 2. The minimum absolute atomic E-state index is 0.133. The molecule has 2 aromatic carbocycles. The number of halogens is 2.